The second-order valence-electron chi connectivity index (χ2n) is 8.53. The smallest absolute Gasteiger partial charge is 0.243 e. The van der Waals surface area contributed by atoms with Crippen LogP contribution in [-0.4, -0.2) is 45.4 Å². The first kappa shape index (κ1) is 21.8. The van der Waals surface area contributed by atoms with E-state index >= 15 is 0 Å². The first-order valence-electron chi connectivity index (χ1n) is 11.1. The fraction of sp³-hybridized carbons (Fsp3) is 0.458. The van der Waals surface area contributed by atoms with Gasteiger partial charge in [0.1, 0.15) is 0 Å². The summed E-state index contributed by atoms with van der Waals surface area (Å²) in [5.41, 5.74) is 2.59. The monoisotopic (exact) mass is 440 g/mol. The van der Waals surface area contributed by atoms with Crippen LogP contribution < -0.4 is 10.6 Å². The quantitative estimate of drug-likeness (QED) is 0.512. The van der Waals surface area contributed by atoms with Gasteiger partial charge in [-0.05, 0) is 48.9 Å². The van der Waals surface area contributed by atoms with Crippen LogP contribution >= 0.6 is 0 Å². The van der Waals surface area contributed by atoms with Gasteiger partial charge >= 0.3 is 0 Å². The minimum atomic E-state index is -3.36. The molecule has 2 aromatic rings. The van der Waals surface area contributed by atoms with Crippen LogP contribution in [0.1, 0.15) is 43.2 Å². The van der Waals surface area contributed by atoms with Crippen LogP contribution in [-0.2, 0) is 22.0 Å². The van der Waals surface area contributed by atoms with Crippen LogP contribution in [0, 0.1) is 0 Å². The van der Waals surface area contributed by atoms with Crippen molar-refractivity contribution in [3.8, 4) is 0 Å². The van der Waals surface area contributed by atoms with Gasteiger partial charge in [-0.3, -0.25) is 4.99 Å². The Morgan fingerprint density at radius 1 is 0.968 bits per heavy atom. The number of rotatable bonds is 7. The molecule has 0 unspecified atom stereocenters. The maximum atomic E-state index is 12.7. The van der Waals surface area contributed by atoms with Gasteiger partial charge in [-0.2, -0.15) is 4.31 Å². The van der Waals surface area contributed by atoms with Gasteiger partial charge in [0.15, 0.2) is 5.96 Å². The zero-order valence-electron chi connectivity index (χ0n) is 18.2. The molecule has 0 radical (unpaired) electrons. The lowest BCUT2D eigenvalue weighted by atomic mass is 9.64. The second kappa shape index (κ2) is 9.40. The third kappa shape index (κ3) is 4.77. The van der Waals surface area contributed by atoms with Gasteiger partial charge in [0.05, 0.1) is 4.90 Å². The molecule has 2 fully saturated rings. The van der Waals surface area contributed by atoms with Crippen molar-refractivity contribution in [1.82, 2.24) is 14.9 Å². The third-order valence-electron chi connectivity index (χ3n) is 6.60. The van der Waals surface area contributed by atoms with E-state index in [-0.39, 0.29) is 5.41 Å². The van der Waals surface area contributed by atoms with Crippen molar-refractivity contribution in [3.63, 3.8) is 0 Å². The Bertz CT molecular complexity index is 994. The van der Waals surface area contributed by atoms with Gasteiger partial charge in [-0.15, -0.1) is 0 Å². The molecule has 0 bridgehead atoms. The minimum Gasteiger partial charge on any atom is -0.356 e. The molecule has 166 valence electrons. The summed E-state index contributed by atoms with van der Waals surface area (Å²) < 4.78 is 26.9. The van der Waals surface area contributed by atoms with E-state index in [2.05, 4.69) is 46.0 Å². The van der Waals surface area contributed by atoms with Gasteiger partial charge < -0.3 is 10.6 Å². The number of guanidine groups is 1. The van der Waals surface area contributed by atoms with Crippen LogP contribution in [0.25, 0.3) is 0 Å². The number of sulfonamides is 1. The largest absolute Gasteiger partial charge is 0.356 e. The minimum absolute atomic E-state index is 0.185. The van der Waals surface area contributed by atoms with E-state index in [9.17, 15) is 8.42 Å². The average Bonchev–Trinajstić information content (AvgIpc) is 3.32. The summed E-state index contributed by atoms with van der Waals surface area (Å²) in [6.45, 7) is 2.68. The van der Waals surface area contributed by atoms with Gasteiger partial charge in [0.2, 0.25) is 10.0 Å². The molecule has 1 saturated carbocycles. The number of nitrogens with one attached hydrogen (secondary N) is 2. The molecule has 31 heavy (non-hydrogen) atoms. The van der Waals surface area contributed by atoms with E-state index in [1.54, 1.807) is 23.5 Å². The Balaban J connectivity index is 1.33. The number of aliphatic imine (C=N–C) groups is 1. The van der Waals surface area contributed by atoms with Crippen LogP contribution in [0.15, 0.2) is 64.5 Å². The first-order valence-corrected chi connectivity index (χ1v) is 12.6. The molecule has 0 spiro atoms. The van der Waals surface area contributed by atoms with E-state index in [0.717, 1.165) is 30.9 Å². The van der Waals surface area contributed by atoms with Gasteiger partial charge in [0.25, 0.3) is 0 Å². The van der Waals surface area contributed by atoms with Crippen molar-refractivity contribution in [3.05, 3.63) is 65.7 Å². The molecule has 1 heterocycles. The fourth-order valence-corrected chi connectivity index (χ4v) is 6.00. The standard InChI is InChI=1S/C24H32N4O2S/c1-25-23(27-19-24(14-7-15-24)21-8-3-2-4-9-21)26-18-20-10-12-22(13-11-20)31(29,30)28-16-5-6-17-28/h2-4,8-13H,5-7,14-19H2,1H3,(H2,25,26,27). The lowest BCUT2D eigenvalue weighted by molar-refractivity contribution is 0.244. The summed E-state index contributed by atoms with van der Waals surface area (Å²) in [5.74, 6) is 0.760. The molecule has 0 aromatic heterocycles. The van der Waals surface area contributed by atoms with Crippen LogP contribution in [0.4, 0.5) is 0 Å². The maximum Gasteiger partial charge on any atom is 0.243 e. The molecule has 2 aliphatic rings. The van der Waals surface area contributed by atoms with Gasteiger partial charge in [-0.1, -0.05) is 48.9 Å². The average molecular weight is 441 g/mol. The van der Waals surface area contributed by atoms with E-state index in [1.165, 1.54) is 24.8 Å². The topological polar surface area (TPSA) is 73.8 Å². The van der Waals surface area contributed by atoms with E-state index in [4.69, 9.17) is 0 Å². The molecule has 7 heteroatoms. The van der Waals surface area contributed by atoms with E-state index < -0.39 is 10.0 Å². The molecule has 2 N–H and O–H groups in total. The van der Waals surface area contributed by atoms with Crippen molar-refractivity contribution < 1.29 is 8.42 Å². The number of hydrogen-bond donors (Lipinski definition) is 2. The lowest BCUT2D eigenvalue weighted by Gasteiger charge is -2.43. The Hall–Kier alpha value is -2.38. The number of benzene rings is 2. The Morgan fingerprint density at radius 3 is 2.23 bits per heavy atom. The van der Waals surface area contributed by atoms with Crippen LogP contribution in [0.3, 0.4) is 0 Å². The zero-order valence-corrected chi connectivity index (χ0v) is 19.0. The lowest BCUT2D eigenvalue weighted by Crippen LogP contribution is -2.48. The fourth-order valence-electron chi connectivity index (χ4n) is 4.48. The molecule has 1 saturated heterocycles. The van der Waals surface area contributed by atoms with Crippen LogP contribution in [0.2, 0.25) is 0 Å². The number of nitrogens with zero attached hydrogens (tertiary/aromatic N) is 2. The summed E-state index contributed by atoms with van der Waals surface area (Å²) in [6.07, 6.45) is 5.52. The molecule has 0 amide bonds. The molecule has 1 aliphatic heterocycles. The summed E-state index contributed by atoms with van der Waals surface area (Å²) in [5, 5.41) is 6.84. The van der Waals surface area contributed by atoms with E-state index in [0.29, 0.717) is 24.5 Å². The molecule has 2 aromatic carbocycles. The van der Waals surface area contributed by atoms with Crippen LogP contribution in [0.5, 0.6) is 0 Å². The summed E-state index contributed by atoms with van der Waals surface area (Å²) in [4.78, 5) is 4.73. The Kier molecular flexibility index (Phi) is 6.62. The van der Waals surface area contributed by atoms with Crippen molar-refractivity contribution in [1.29, 1.82) is 0 Å². The highest BCUT2D eigenvalue weighted by atomic mass is 32.2. The molecule has 1 aliphatic carbocycles. The third-order valence-corrected chi connectivity index (χ3v) is 8.51. The highest BCUT2D eigenvalue weighted by Crippen LogP contribution is 2.43. The molecule has 4 rings (SSSR count). The zero-order chi connectivity index (χ0) is 21.7. The van der Waals surface area contributed by atoms with Crippen molar-refractivity contribution in [2.75, 3.05) is 26.7 Å². The number of hydrogen-bond acceptors (Lipinski definition) is 3. The predicted octanol–water partition coefficient (Wildman–Crippen LogP) is 3.26. The first-order chi connectivity index (χ1) is 15.0. The molecular weight excluding hydrogens is 408 g/mol. The van der Waals surface area contributed by atoms with Crippen molar-refractivity contribution >= 4 is 16.0 Å². The summed E-state index contributed by atoms with van der Waals surface area (Å²) >= 11 is 0. The van der Waals surface area contributed by atoms with E-state index in [1.807, 2.05) is 12.1 Å². The Morgan fingerprint density at radius 2 is 1.65 bits per heavy atom. The molecular formula is C24H32N4O2S. The molecule has 0 atom stereocenters. The summed E-state index contributed by atoms with van der Waals surface area (Å²) in [7, 11) is -1.59. The van der Waals surface area contributed by atoms with Crippen molar-refractivity contribution in [2.45, 2.75) is 49.0 Å². The highest BCUT2D eigenvalue weighted by Gasteiger charge is 2.38. The molecule has 6 nitrogen and oxygen atoms in total. The second-order valence-corrected chi connectivity index (χ2v) is 10.5. The summed E-state index contributed by atoms with van der Waals surface area (Å²) in [6, 6.07) is 17.9. The van der Waals surface area contributed by atoms with Crippen molar-refractivity contribution in [2.24, 2.45) is 4.99 Å². The maximum absolute atomic E-state index is 12.7. The van der Waals surface area contributed by atoms with Gasteiger partial charge in [0, 0.05) is 38.6 Å². The normalized spacial score (nSPS) is 19.1. The van der Waals surface area contributed by atoms with Gasteiger partial charge in [-0.25, -0.2) is 8.42 Å². The Labute approximate surface area is 185 Å². The SMILES string of the molecule is CN=C(NCc1ccc(S(=O)(=O)N2CCCC2)cc1)NCC1(c2ccccc2)CCC1. The highest BCUT2D eigenvalue weighted by molar-refractivity contribution is 7.89. The predicted molar refractivity (Wildman–Crippen MR) is 125 cm³/mol.